The molecular formula is C43H58N6O7S. The highest BCUT2D eigenvalue weighted by molar-refractivity contribution is 7.07. The lowest BCUT2D eigenvalue weighted by molar-refractivity contribution is -0.140. The van der Waals surface area contributed by atoms with Gasteiger partial charge in [-0.3, -0.25) is 24.0 Å². The van der Waals surface area contributed by atoms with Gasteiger partial charge in [0.15, 0.2) is 0 Å². The van der Waals surface area contributed by atoms with Crippen molar-refractivity contribution in [3.63, 3.8) is 0 Å². The van der Waals surface area contributed by atoms with Gasteiger partial charge < -0.3 is 35.6 Å². The molecule has 0 spiro atoms. The maximum Gasteiger partial charge on any atom is 0.243 e. The molecular weight excluding hydrogens is 745 g/mol. The predicted molar refractivity (Wildman–Crippen MR) is 218 cm³/mol. The van der Waals surface area contributed by atoms with Crippen LogP contribution in [-0.2, 0) is 41.6 Å². The van der Waals surface area contributed by atoms with E-state index in [0.717, 1.165) is 61.4 Å². The minimum absolute atomic E-state index is 0.0352. The molecule has 13 nitrogen and oxygen atoms in total. The van der Waals surface area contributed by atoms with Crippen LogP contribution < -0.4 is 16.0 Å². The molecule has 3 aromatic rings. The number of hydrogen-bond donors (Lipinski definition) is 4. The Balaban J connectivity index is 1.16. The van der Waals surface area contributed by atoms with Crippen LogP contribution in [0.1, 0.15) is 81.9 Å². The Morgan fingerprint density at radius 1 is 0.912 bits per heavy atom. The zero-order valence-electron chi connectivity index (χ0n) is 32.9. The number of aliphatic hydroxyl groups excluding tert-OH is 1. The number of amides is 5. The topological polar surface area (TPSA) is 170 Å². The minimum Gasteiger partial charge on any atom is -0.390 e. The van der Waals surface area contributed by atoms with Crippen LogP contribution in [0.4, 0.5) is 0 Å². The lowest BCUT2D eigenvalue weighted by Gasteiger charge is -2.32. The van der Waals surface area contributed by atoms with E-state index in [0.29, 0.717) is 70.8 Å². The van der Waals surface area contributed by atoms with Crippen molar-refractivity contribution in [3.05, 3.63) is 64.6 Å². The molecule has 57 heavy (non-hydrogen) atoms. The molecule has 1 aromatic heterocycles. The summed E-state index contributed by atoms with van der Waals surface area (Å²) in [5.41, 5.74) is 3.24. The van der Waals surface area contributed by atoms with Crippen LogP contribution in [0.25, 0.3) is 10.8 Å². The highest BCUT2D eigenvalue weighted by Gasteiger charge is 2.34. The summed E-state index contributed by atoms with van der Waals surface area (Å²) >= 11 is 1.39. The second-order valence-corrected chi connectivity index (χ2v) is 16.5. The summed E-state index contributed by atoms with van der Waals surface area (Å²) in [4.78, 5) is 75.3. The molecule has 5 amide bonds. The number of fused-ring (bicyclic) bond motifs is 1. The number of carbonyl (C=O) groups is 5. The third kappa shape index (κ3) is 12.5. The maximum absolute atomic E-state index is 14.4. The van der Waals surface area contributed by atoms with Gasteiger partial charge in [-0.15, -0.1) is 11.3 Å². The van der Waals surface area contributed by atoms with Gasteiger partial charge in [0.2, 0.25) is 29.5 Å². The van der Waals surface area contributed by atoms with Gasteiger partial charge in [0, 0.05) is 57.4 Å². The fraction of sp³-hybridized carbons (Fsp3) is 0.581. The van der Waals surface area contributed by atoms with E-state index in [1.54, 1.807) is 10.4 Å². The van der Waals surface area contributed by atoms with E-state index >= 15 is 0 Å². The van der Waals surface area contributed by atoms with E-state index in [1.165, 1.54) is 11.3 Å². The van der Waals surface area contributed by atoms with Gasteiger partial charge in [0.25, 0.3) is 0 Å². The summed E-state index contributed by atoms with van der Waals surface area (Å²) < 4.78 is 5.46. The largest absolute Gasteiger partial charge is 0.390 e. The second kappa shape index (κ2) is 21.4. The van der Waals surface area contributed by atoms with Gasteiger partial charge >= 0.3 is 0 Å². The van der Waals surface area contributed by atoms with E-state index in [4.69, 9.17) is 4.74 Å². The summed E-state index contributed by atoms with van der Waals surface area (Å²) in [7, 11) is 0. The Bertz CT molecular complexity index is 1790. The molecule has 0 bridgehead atoms. The van der Waals surface area contributed by atoms with E-state index in [-0.39, 0.29) is 42.9 Å². The second-order valence-electron chi connectivity index (χ2n) is 15.8. The number of aromatic nitrogens is 1. The Morgan fingerprint density at radius 2 is 1.70 bits per heavy atom. The van der Waals surface area contributed by atoms with Crippen LogP contribution in [0.15, 0.2) is 53.4 Å². The van der Waals surface area contributed by atoms with Gasteiger partial charge in [-0.25, -0.2) is 4.98 Å². The lowest BCUT2D eigenvalue weighted by atomic mass is 9.83. The summed E-state index contributed by atoms with van der Waals surface area (Å²) in [5, 5.41) is 24.3. The van der Waals surface area contributed by atoms with Crippen molar-refractivity contribution in [1.82, 2.24) is 30.7 Å². The molecule has 3 aliphatic rings. The van der Waals surface area contributed by atoms with Crippen LogP contribution in [0, 0.1) is 11.8 Å². The molecule has 308 valence electrons. The molecule has 2 aromatic carbocycles. The van der Waals surface area contributed by atoms with Crippen LogP contribution in [0.5, 0.6) is 0 Å². The lowest BCUT2D eigenvalue weighted by Crippen LogP contribution is -2.55. The molecule has 2 saturated heterocycles. The molecule has 4 atom stereocenters. The van der Waals surface area contributed by atoms with Crippen LogP contribution in [-0.4, -0.2) is 114 Å². The number of nitrogens with one attached hydrogen (secondary N) is 3. The average molecular weight is 803 g/mol. The minimum atomic E-state index is -1.16. The normalized spacial score (nSPS) is 18.5. The summed E-state index contributed by atoms with van der Waals surface area (Å²) in [6.45, 7) is 3.51. The van der Waals surface area contributed by atoms with Crippen molar-refractivity contribution < 1.29 is 33.8 Å². The Hall–Kier alpha value is -4.40. The number of morpholine rings is 1. The van der Waals surface area contributed by atoms with Crippen molar-refractivity contribution in [3.8, 4) is 0 Å². The zero-order chi connectivity index (χ0) is 40.0. The number of hydrogen-bond acceptors (Lipinski definition) is 9. The summed E-state index contributed by atoms with van der Waals surface area (Å²) in [6.07, 6.45) is 6.84. The standard InChI is InChI=1S/C43H58N6O7S/c50-38(27-39(51)44-16-8-18-48-17-7-15-40(48)52)36(23-30-9-2-1-3-10-30)46-43(55)37(26-34-28-57-29-45-34)47-42(54)33(25-41(53)49-19-21-56-22-20-49)24-32-13-6-12-31-11-4-5-14-35(31)32/h4-6,11-14,28-30,33,36-38,50H,1-3,7-10,15-27H2,(H,44,51)(H,46,55)(H,47,54)/t33-,36+,37+,38+/m1/s1. The number of aliphatic hydroxyl groups is 1. The van der Waals surface area contributed by atoms with Gasteiger partial charge in [0.05, 0.1) is 48.9 Å². The average Bonchev–Trinajstić information content (AvgIpc) is 3.90. The zero-order valence-corrected chi connectivity index (χ0v) is 33.7. The summed E-state index contributed by atoms with van der Waals surface area (Å²) in [6, 6.07) is 12.1. The van der Waals surface area contributed by atoms with E-state index in [1.807, 2.05) is 52.7 Å². The Kier molecular flexibility index (Phi) is 15.8. The Morgan fingerprint density at radius 3 is 2.46 bits per heavy atom. The molecule has 0 radical (unpaired) electrons. The number of carbonyl (C=O) groups excluding carboxylic acids is 5. The first-order valence-corrected chi connectivity index (χ1v) is 21.7. The first kappa shape index (κ1) is 42.2. The fourth-order valence-corrected chi connectivity index (χ4v) is 8.98. The van der Waals surface area contributed by atoms with Crippen molar-refractivity contribution >= 4 is 51.6 Å². The van der Waals surface area contributed by atoms with E-state index < -0.39 is 35.9 Å². The third-order valence-corrected chi connectivity index (χ3v) is 12.3. The number of rotatable bonds is 19. The number of benzene rings is 2. The molecule has 2 aliphatic heterocycles. The molecule has 3 heterocycles. The summed E-state index contributed by atoms with van der Waals surface area (Å²) in [5.74, 6) is -1.71. The van der Waals surface area contributed by atoms with Crippen molar-refractivity contribution in [2.24, 2.45) is 11.8 Å². The fourth-order valence-electron chi connectivity index (χ4n) is 8.41. The molecule has 6 rings (SSSR count). The monoisotopic (exact) mass is 802 g/mol. The number of ether oxygens (including phenoxy) is 1. The quantitative estimate of drug-likeness (QED) is 0.133. The van der Waals surface area contributed by atoms with Gasteiger partial charge in [-0.05, 0) is 47.9 Å². The highest BCUT2D eigenvalue weighted by atomic mass is 32.1. The first-order valence-electron chi connectivity index (χ1n) is 20.8. The first-order chi connectivity index (χ1) is 27.7. The van der Waals surface area contributed by atoms with Crippen molar-refractivity contribution in [2.45, 2.75) is 102 Å². The van der Waals surface area contributed by atoms with Crippen LogP contribution in [0.2, 0.25) is 0 Å². The van der Waals surface area contributed by atoms with Crippen LogP contribution in [0.3, 0.4) is 0 Å². The number of nitrogens with zero attached hydrogens (tertiary/aromatic N) is 3. The molecule has 1 saturated carbocycles. The SMILES string of the molecule is O=C(C[C@H](O)[C@H](CC1CCCCC1)NC(=O)[C@H](Cc1cscn1)NC(=O)[C@@H](CC(=O)N1CCOCC1)Cc1cccc2ccccc12)NCCCN1CCCC1=O. The van der Waals surface area contributed by atoms with Crippen molar-refractivity contribution in [2.75, 3.05) is 45.9 Å². The molecule has 4 N–H and O–H groups in total. The van der Waals surface area contributed by atoms with E-state index in [2.05, 4.69) is 20.9 Å². The maximum atomic E-state index is 14.4. The predicted octanol–water partition coefficient (Wildman–Crippen LogP) is 3.77. The molecule has 1 aliphatic carbocycles. The smallest absolute Gasteiger partial charge is 0.243 e. The molecule has 0 unspecified atom stereocenters. The van der Waals surface area contributed by atoms with Crippen LogP contribution >= 0.6 is 11.3 Å². The van der Waals surface area contributed by atoms with Gasteiger partial charge in [0.1, 0.15) is 6.04 Å². The highest BCUT2D eigenvalue weighted by Crippen LogP contribution is 2.29. The third-order valence-electron chi connectivity index (χ3n) is 11.6. The van der Waals surface area contributed by atoms with Gasteiger partial charge in [-0.1, -0.05) is 74.6 Å². The number of thiazole rings is 1. The Labute approximate surface area is 339 Å². The molecule has 3 fully saturated rings. The molecule has 14 heteroatoms. The van der Waals surface area contributed by atoms with E-state index in [9.17, 15) is 29.1 Å². The van der Waals surface area contributed by atoms with Crippen molar-refractivity contribution in [1.29, 1.82) is 0 Å². The van der Waals surface area contributed by atoms with Gasteiger partial charge in [-0.2, -0.15) is 0 Å². The number of likely N-dealkylation sites (tertiary alicyclic amines) is 1.